The van der Waals surface area contributed by atoms with Crippen LogP contribution < -0.4 is 21.1 Å². The van der Waals surface area contributed by atoms with Crippen LogP contribution in [-0.2, 0) is 16.5 Å². The molecule has 0 radical (unpaired) electrons. The molecule has 2 aromatic carbocycles. The van der Waals surface area contributed by atoms with E-state index >= 15 is 0 Å². The molecule has 1 saturated heterocycles. The number of hydrogen-bond donors (Lipinski definition) is 3. The van der Waals surface area contributed by atoms with E-state index in [0.717, 1.165) is 69.9 Å². The quantitative estimate of drug-likeness (QED) is 0.179. The Labute approximate surface area is 266 Å². The maximum Gasteiger partial charge on any atom is 0.272 e. The van der Waals surface area contributed by atoms with Crippen LogP contribution in [0.25, 0.3) is 38.2 Å². The zero-order chi connectivity index (χ0) is 31.0. The van der Waals surface area contributed by atoms with E-state index in [1.54, 1.807) is 18.4 Å². The molecule has 9 nitrogen and oxygen atoms in total. The molecular formula is C35H37N5O4S. The molecule has 1 spiro atoms. The van der Waals surface area contributed by atoms with E-state index < -0.39 is 0 Å². The molecule has 0 atom stereocenters. The largest absolute Gasteiger partial charge is 0.495 e. The Kier molecular flexibility index (Phi) is 8.05. The van der Waals surface area contributed by atoms with Crippen LogP contribution in [0.1, 0.15) is 41.7 Å². The fourth-order valence-electron chi connectivity index (χ4n) is 6.54. The van der Waals surface area contributed by atoms with Crippen LogP contribution in [0.5, 0.6) is 5.75 Å². The van der Waals surface area contributed by atoms with E-state index in [2.05, 4.69) is 33.1 Å². The van der Waals surface area contributed by atoms with Crippen LogP contribution in [0.3, 0.4) is 0 Å². The molecule has 3 aromatic heterocycles. The van der Waals surface area contributed by atoms with Crippen LogP contribution in [-0.4, -0.2) is 54.2 Å². The molecule has 1 aliphatic carbocycles. The summed E-state index contributed by atoms with van der Waals surface area (Å²) in [6, 6.07) is 16.1. The summed E-state index contributed by atoms with van der Waals surface area (Å²) in [4.78, 5) is 17.8. The lowest BCUT2D eigenvalue weighted by Gasteiger charge is -2.35. The number of ether oxygens (including phenoxy) is 3. The standard InChI is InChI=1S/C35H37N5O4S/c1-40-28-8-4-3-6-23(28)18-29(40)34(41)39-27-10-9-22(19-30(27)42-2)26-21-45-32-24(20-38-33(36)31(26)32)7-5-15-37-25-11-13-35(14-12-25)43-16-17-44-35/h3-10,18-21,25,37H,11-17H2,1-2H3,(H2,36,38)(H,39,41). The van der Waals surface area contributed by atoms with Crippen LogP contribution in [0.4, 0.5) is 11.5 Å². The third-order valence-corrected chi connectivity index (χ3v) is 10.0. The molecule has 0 unspecified atom stereocenters. The van der Waals surface area contributed by atoms with E-state index in [-0.39, 0.29) is 11.7 Å². The maximum atomic E-state index is 13.3. The second kappa shape index (κ2) is 12.3. The number of pyridine rings is 1. The number of carbonyl (C=O) groups is 1. The number of rotatable bonds is 8. The van der Waals surface area contributed by atoms with Gasteiger partial charge in [0.2, 0.25) is 0 Å². The van der Waals surface area contributed by atoms with Gasteiger partial charge >= 0.3 is 0 Å². The van der Waals surface area contributed by atoms with Crippen molar-refractivity contribution in [1.82, 2.24) is 14.9 Å². The Balaban J connectivity index is 1.06. The molecule has 45 heavy (non-hydrogen) atoms. The van der Waals surface area contributed by atoms with Gasteiger partial charge in [0.1, 0.15) is 17.3 Å². The number of aryl methyl sites for hydroxylation is 1. The van der Waals surface area contributed by atoms with Crippen LogP contribution in [0, 0.1) is 0 Å². The second-order valence-corrected chi connectivity index (χ2v) is 12.5. The molecule has 232 valence electrons. The molecule has 10 heteroatoms. The first-order chi connectivity index (χ1) is 21.9. The molecule has 1 amide bonds. The van der Waals surface area contributed by atoms with Gasteiger partial charge in [-0.05, 0) is 48.1 Å². The molecule has 4 heterocycles. The van der Waals surface area contributed by atoms with Crippen molar-refractivity contribution in [2.75, 3.05) is 37.9 Å². The van der Waals surface area contributed by atoms with Gasteiger partial charge in [0.25, 0.3) is 5.91 Å². The van der Waals surface area contributed by atoms with E-state index in [9.17, 15) is 4.79 Å². The van der Waals surface area contributed by atoms with Crippen molar-refractivity contribution < 1.29 is 19.0 Å². The van der Waals surface area contributed by atoms with Crippen molar-refractivity contribution in [3.8, 4) is 16.9 Å². The SMILES string of the molecule is COc1cc(-c2csc3c(C=CCNC4CCC5(CC4)OCCO5)cnc(N)c23)ccc1NC(=O)c1cc2ccccc2n1C. The highest BCUT2D eigenvalue weighted by Crippen LogP contribution is 2.41. The predicted molar refractivity (Wildman–Crippen MR) is 181 cm³/mol. The predicted octanol–water partition coefficient (Wildman–Crippen LogP) is 6.59. The number of nitrogens with one attached hydrogen (secondary N) is 2. The zero-order valence-corrected chi connectivity index (χ0v) is 26.3. The summed E-state index contributed by atoms with van der Waals surface area (Å²) >= 11 is 1.64. The van der Waals surface area contributed by atoms with Crippen LogP contribution >= 0.6 is 11.3 Å². The molecule has 1 saturated carbocycles. The van der Waals surface area contributed by atoms with Crippen molar-refractivity contribution >= 4 is 55.8 Å². The summed E-state index contributed by atoms with van der Waals surface area (Å²) in [5.41, 5.74) is 11.5. The van der Waals surface area contributed by atoms with E-state index in [1.807, 2.05) is 66.3 Å². The highest BCUT2D eigenvalue weighted by Gasteiger charge is 2.40. The second-order valence-electron chi connectivity index (χ2n) is 11.7. The Morgan fingerprint density at radius 3 is 2.76 bits per heavy atom. The fourth-order valence-corrected chi connectivity index (χ4v) is 7.62. The van der Waals surface area contributed by atoms with Gasteiger partial charge in [0.15, 0.2) is 5.79 Å². The average Bonchev–Trinajstić information content (AvgIpc) is 3.80. The highest BCUT2D eigenvalue weighted by molar-refractivity contribution is 7.18. The first kappa shape index (κ1) is 29.5. The lowest BCUT2D eigenvalue weighted by molar-refractivity contribution is -0.179. The number of benzene rings is 2. The Morgan fingerprint density at radius 1 is 1.18 bits per heavy atom. The minimum absolute atomic E-state index is 0.204. The summed E-state index contributed by atoms with van der Waals surface area (Å²) < 4.78 is 20.4. The van der Waals surface area contributed by atoms with Gasteiger partial charge in [-0.3, -0.25) is 4.79 Å². The van der Waals surface area contributed by atoms with E-state index in [0.29, 0.717) is 42.2 Å². The molecule has 2 aliphatic rings. The smallest absolute Gasteiger partial charge is 0.272 e. The van der Waals surface area contributed by atoms with Crippen molar-refractivity contribution in [3.05, 3.63) is 77.4 Å². The van der Waals surface area contributed by atoms with Gasteiger partial charge in [0, 0.05) is 70.8 Å². The monoisotopic (exact) mass is 623 g/mol. The minimum atomic E-state index is -0.331. The number of nitrogen functional groups attached to an aromatic ring is 1. The summed E-state index contributed by atoms with van der Waals surface area (Å²) in [6.45, 7) is 2.19. The maximum absolute atomic E-state index is 13.3. The van der Waals surface area contributed by atoms with Crippen molar-refractivity contribution in [3.63, 3.8) is 0 Å². The molecule has 7 rings (SSSR count). The summed E-state index contributed by atoms with van der Waals surface area (Å²) in [7, 11) is 3.50. The number of thiophene rings is 1. The normalized spacial score (nSPS) is 16.8. The number of methoxy groups -OCH3 is 1. The van der Waals surface area contributed by atoms with E-state index in [1.165, 1.54) is 0 Å². The van der Waals surface area contributed by atoms with Crippen molar-refractivity contribution in [2.24, 2.45) is 7.05 Å². The number of aromatic nitrogens is 2. The number of amides is 1. The van der Waals surface area contributed by atoms with Gasteiger partial charge in [-0.1, -0.05) is 36.4 Å². The number of nitrogens with zero attached hydrogens (tertiary/aromatic N) is 2. The summed E-state index contributed by atoms with van der Waals surface area (Å²) in [5.74, 6) is 0.509. The third kappa shape index (κ3) is 5.70. The molecule has 2 fully saturated rings. The van der Waals surface area contributed by atoms with Gasteiger partial charge in [-0.15, -0.1) is 11.3 Å². The number of carbonyl (C=O) groups excluding carboxylic acids is 1. The molecule has 1 aliphatic heterocycles. The topological polar surface area (TPSA) is 113 Å². The Hall–Kier alpha value is -4.22. The molecule has 0 bridgehead atoms. The lowest BCUT2D eigenvalue weighted by atomic mass is 9.90. The first-order valence-electron chi connectivity index (χ1n) is 15.3. The van der Waals surface area contributed by atoms with Crippen LogP contribution in [0.2, 0.25) is 0 Å². The van der Waals surface area contributed by atoms with Crippen LogP contribution in [0.15, 0.2) is 66.2 Å². The van der Waals surface area contributed by atoms with Crippen molar-refractivity contribution in [2.45, 2.75) is 37.5 Å². The van der Waals surface area contributed by atoms with Gasteiger partial charge in [-0.2, -0.15) is 0 Å². The number of fused-ring (bicyclic) bond motifs is 2. The fraction of sp³-hybridized carbons (Fsp3) is 0.314. The van der Waals surface area contributed by atoms with Gasteiger partial charge in [-0.25, -0.2) is 4.98 Å². The highest BCUT2D eigenvalue weighted by atomic mass is 32.1. The minimum Gasteiger partial charge on any atom is -0.495 e. The van der Waals surface area contributed by atoms with E-state index in [4.69, 9.17) is 19.9 Å². The number of hydrogen-bond acceptors (Lipinski definition) is 8. The lowest BCUT2D eigenvalue weighted by Crippen LogP contribution is -2.42. The number of para-hydroxylation sites is 1. The molecule has 5 aromatic rings. The third-order valence-electron chi connectivity index (χ3n) is 8.98. The molecular weight excluding hydrogens is 586 g/mol. The Bertz CT molecular complexity index is 1900. The van der Waals surface area contributed by atoms with Gasteiger partial charge < -0.3 is 35.1 Å². The van der Waals surface area contributed by atoms with Gasteiger partial charge in [0.05, 0.1) is 26.0 Å². The van der Waals surface area contributed by atoms with Crippen molar-refractivity contribution in [1.29, 1.82) is 0 Å². The summed E-state index contributed by atoms with van der Waals surface area (Å²) in [6.07, 6.45) is 10.1. The summed E-state index contributed by atoms with van der Waals surface area (Å²) in [5, 5.41) is 10.7. The number of nitrogens with two attached hydrogens (primary N) is 1. The number of anilines is 2. The molecule has 4 N–H and O–H groups in total. The Morgan fingerprint density at radius 2 is 1.98 bits per heavy atom. The average molecular weight is 624 g/mol. The zero-order valence-electron chi connectivity index (χ0n) is 25.5. The first-order valence-corrected chi connectivity index (χ1v) is 16.2.